The Morgan fingerprint density at radius 2 is 2.29 bits per heavy atom. The molecule has 0 saturated carbocycles. The molecule has 0 aromatic rings. The minimum absolute atomic E-state index is 0.371. The Bertz CT molecular complexity index is 340. The number of carbonyl (C=O) groups excluding carboxylic acids is 1. The highest BCUT2D eigenvalue weighted by atomic mass is 79.9. The molecule has 4 heteroatoms. The van der Waals surface area contributed by atoms with Gasteiger partial charge in [0.1, 0.15) is 5.76 Å². The van der Waals surface area contributed by atoms with E-state index < -0.39 is 5.24 Å². The molecule has 0 amide bonds. The molecule has 0 aromatic heterocycles. The molecule has 0 aliphatic heterocycles. The van der Waals surface area contributed by atoms with Gasteiger partial charge in [0.2, 0.25) is 0 Å². The second-order valence-corrected chi connectivity index (χ2v) is 5.16. The Hall–Kier alpha value is -0.540. The molecule has 1 unspecified atom stereocenters. The molecule has 0 bridgehead atoms. The maximum Gasteiger partial charge on any atom is 0.252 e. The molecular weight excluding hydrogens is 267 g/mol. The fourth-order valence-corrected chi connectivity index (χ4v) is 1.57. The van der Waals surface area contributed by atoms with Gasteiger partial charge < -0.3 is 4.74 Å². The van der Waals surface area contributed by atoms with E-state index >= 15 is 0 Å². The van der Waals surface area contributed by atoms with Gasteiger partial charge >= 0.3 is 0 Å². The van der Waals surface area contributed by atoms with Crippen LogP contribution in [0.15, 0.2) is 35.6 Å². The van der Waals surface area contributed by atoms with Gasteiger partial charge in [-0.3, -0.25) is 4.79 Å². The number of alkyl halides is 1. The standard InChI is InChI=1S/C10H10BrClO2/c1-10(11)4-3-8(14-2)5-7(6-10)9(12)13/h3-6H,1-2H3. The average Bonchev–Trinajstić information content (AvgIpc) is 2.23. The normalized spacial score (nSPS) is 26.3. The maximum absolute atomic E-state index is 11.0. The molecule has 0 saturated heterocycles. The molecule has 0 aromatic carbocycles. The third-order valence-corrected chi connectivity index (χ3v) is 2.48. The predicted molar refractivity (Wildman–Crippen MR) is 60.5 cm³/mol. The Kier molecular flexibility index (Phi) is 3.56. The van der Waals surface area contributed by atoms with Crippen molar-refractivity contribution in [2.45, 2.75) is 11.2 Å². The van der Waals surface area contributed by atoms with Gasteiger partial charge in [-0.2, -0.15) is 0 Å². The van der Waals surface area contributed by atoms with Gasteiger partial charge in [0, 0.05) is 5.57 Å². The molecule has 1 atom stereocenters. The van der Waals surface area contributed by atoms with Crippen molar-refractivity contribution in [3.05, 3.63) is 35.6 Å². The van der Waals surface area contributed by atoms with Crippen LogP contribution in [0.3, 0.4) is 0 Å². The minimum Gasteiger partial charge on any atom is -0.497 e. The van der Waals surface area contributed by atoms with E-state index in [1.54, 1.807) is 25.3 Å². The number of halogens is 2. The lowest BCUT2D eigenvalue weighted by molar-refractivity contribution is -0.108. The van der Waals surface area contributed by atoms with Gasteiger partial charge in [-0.25, -0.2) is 0 Å². The fourth-order valence-electron chi connectivity index (χ4n) is 1.08. The van der Waals surface area contributed by atoms with E-state index in [0.717, 1.165) is 0 Å². The maximum atomic E-state index is 11.0. The molecule has 0 N–H and O–H groups in total. The summed E-state index contributed by atoms with van der Waals surface area (Å²) in [5, 5.41) is -0.492. The first kappa shape index (κ1) is 11.5. The molecule has 0 radical (unpaired) electrons. The smallest absolute Gasteiger partial charge is 0.252 e. The van der Waals surface area contributed by atoms with Gasteiger partial charge in [0.15, 0.2) is 0 Å². The van der Waals surface area contributed by atoms with Crippen LogP contribution >= 0.6 is 27.5 Å². The Balaban J connectivity index is 3.13. The SMILES string of the molecule is COC1=CC(C(=O)Cl)=CC(C)(Br)C=C1. The van der Waals surface area contributed by atoms with Gasteiger partial charge in [0.05, 0.1) is 11.4 Å². The van der Waals surface area contributed by atoms with Crippen LogP contribution in [0.25, 0.3) is 0 Å². The molecule has 0 heterocycles. The predicted octanol–water partition coefficient (Wildman–Crippen LogP) is 2.93. The zero-order valence-corrected chi connectivity index (χ0v) is 10.2. The summed E-state index contributed by atoms with van der Waals surface area (Å²) in [4.78, 5) is 11.0. The summed E-state index contributed by atoms with van der Waals surface area (Å²) < 4.78 is 4.68. The molecule has 76 valence electrons. The number of hydrogen-bond acceptors (Lipinski definition) is 2. The average molecular weight is 278 g/mol. The zero-order valence-electron chi connectivity index (χ0n) is 7.88. The molecule has 1 rings (SSSR count). The number of rotatable bonds is 2. The lowest BCUT2D eigenvalue weighted by Crippen LogP contribution is -2.08. The highest BCUT2D eigenvalue weighted by Gasteiger charge is 2.19. The minimum atomic E-state index is -0.492. The molecular formula is C10H10BrClO2. The van der Waals surface area contributed by atoms with Crippen LogP contribution in [0.2, 0.25) is 0 Å². The van der Waals surface area contributed by atoms with Crippen LogP contribution in [0.1, 0.15) is 6.92 Å². The first-order valence-corrected chi connectivity index (χ1v) is 5.18. The van der Waals surface area contributed by atoms with Crippen molar-refractivity contribution in [3.8, 4) is 0 Å². The van der Waals surface area contributed by atoms with Gasteiger partial charge in [-0.05, 0) is 30.7 Å². The van der Waals surface area contributed by atoms with Crippen LogP contribution in [-0.4, -0.2) is 16.7 Å². The summed E-state index contributed by atoms with van der Waals surface area (Å²) in [6.07, 6.45) is 7.02. The highest BCUT2D eigenvalue weighted by molar-refractivity contribution is 9.10. The molecule has 1 aliphatic carbocycles. The Labute approximate surface area is 96.4 Å². The topological polar surface area (TPSA) is 26.3 Å². The van der Waals surface area contributed by atoms with E-state index in [1.807, 2.05) is 13.0 Å². The highest BCUT2D eigenvalue weighted by Crippen LogP contribution is 2.27. The first-order chi connectivity index (χ1) is 6.44. The quantitative estimate of drug-likeness (QED) is 0.573. The van der Waals surface area contributed by atoms with Crippen molar-refractivity contribution >= 4 is 32.8 Å². The number of hydrogen-bond donors (Lipinski definition) is 0. The summed E-state index contributed by atoms with van der Waals surface area (Å²) in [6.45, 7) is 1.91. The molecule has 14 heavy (non-hydrogen) atoms. The van der Waals surface area contributed by atoms with Crippen LogP contribution < -0.4 is 0 Å². The van der Waals surface area contributed by atoms with E-state index in [0.29, 0.717) is 11.3 Å². The van der Waals surface area contributed by atoms with Gasteiger partial charge in [-0.1, -0.05) is 28.1 Å². The van der Waals surface area contributed by atoms with Crippen molar-refractivity contribution in [3.63, 3.8) is 0 Å². The molecule has 2 nitrogen and oxygen atoms in total. The largest absolute Gasteiger partial charge is 0.497 e. The third-order valence-electron chi connectivity index (χ3n) is 1.77. The zero-order chi connectivity index (χ0) is 10.8. The van der Waals surface area contributed by atoms with E-state index in [1.165, 1.54) is 0 Å². The summed E-state index contributed by atoms with van der Waals surface area (Å²) in [5.41, 5.74) is 0.424. The van der Waals surface area contributed by atoms with E-state index in [-0.39, 0.29) is 4.32 Å². The summed E-state index contributed by atoms with van der Waals surface area (Å²) in [5.74, 6) is 0.605. The lowest BCUT2D eigenvalue weighted by atomic mass is 10.1. The summed E-state index contributed by atoms with van der Waals surface area (Å²) in [7, 11) is 1.55. The molecule has 1 aliphatic rings. The Morgan fingerprint density at radius 3 is 2.79 bits per heavy atom. The fraction of sp³-hybridized carbons (Fsp3) is 0.300. The van der Waals surface area contributed by atoms with Crippen molar-refractivity contribution in [2.75, 3.05) is 7.11 Å². The van der Waals surface area contributed by atoms with Crippen LogP contribution in [-0.2, 0) is 9.53 Å². The van der Waals surface area contributed by atoms with E-state index in [4.69, 9.17) is 16.3 Å². The number of ether oxygens (including phenoxy) is 1. The van der Waals surface area contributed by atoms with Crippen LogP contribution in [0.5, 0.6) is 0 Å². The second kappa shape index (κ2) is 4.32. The van der Waals surface area contributed by atoms with Crippen molar-refractivity contribution in [2.24, 2.45) is 0 Å². The number of carbonyl (C=O) groups is 1. The van der Waals surface area contributed by atoms with Crippen molar-refractivity contribution in [1.29, 1.82) is 0 Å². The Morgan fingerprint density at radius 1 is 1.64 bits per heavy atom. The first-order valence-electron chi connectivity index (χ1n) is 4.01. The second-order valence-electron chi connectivity index (χ2n) is 3.11. The summed E-state index contributed by atoms with van der Waals surface area (Å²) >= 11 is 8.87. The number of methoxy groups -OCH3 is 1. The molecule has 0 fully saturated rings. The third kappa shape index (κ3) is 3.00. The van der Waals surface area contributed by atoms with Crippen LogP contribution in [0, 0.1) is 0 Å². The summed E-state index contributed by atoms with van der Waals surface area (Å²) in [6, 6.07) is 0. The van der Waals surface area contributed by atoms with E-state index in [2.05, 4.69) is 15.9 Å². The monoisotopic (exact) mass is 276 g/mol. The van der Waals surface area contributed by atoms with Gasteiger partial charge in [-0.15, -0.1) is 0 Å². The lowest BCUT2D eigenvalue weighted by Gasteiger charge is -2.11. The van der Waals surface area contributed by atoms with Crippen molar-refractivity contribution < 1.29 is 9.53 Å². The van der Waals surface area contributed by atoms with Gasteiger partial charge in [0.25, 0.3) is 5.24 Å². The van der Waals surface area contributed by atoms with Crippen molar-refractivity contribution in [1.82, 2.24) is 0 Å². The number of allylic oxidation sites excluding steroid dienone is 5. The van der Waals surface area contributed by atoms with E-state index in [9.17, 15) is 4.79 Å². The molecule has 0 spiro atoms. The van der Waals surface area contributed by atoms with Crippen LogP contribution in [0.4, 0.5) is 0 Å².